The monoisotopic (exact) mass is 157 g/mol. The van der Waals surface area contributed by atoms with Crippen LogP contribution in [0.3, 0.4) is 0 Å². The van der Waals surface area contributed by atoms with Crippen LogP contribution in [0, 0.1) is 6.08 Å². The zero-order valence-corrected chi connectivity index (χ0v) is 7.16. The molecule has 1 aliphatic rings. The smallest absolute Gasteiger partial charge is 0.0124 e. The Morgan fingerprint density at radius 3 is 2.67 bits per heavy atom. The Morgan fingerprint density at radius 1 is 1.17 bits per heavy atom. The second kappa shape index (κ2) is 3.57. The fraction of sp³-hybridized carbons (Fsp3) is 0.333. The van der Waals surface area contributed by atoms with Crippen molar-refractivity contribution in [1.82, 2.24) is 0 Å². The van der Waals surface area contributed by atoms with E-state index >= 15 is 0 Å². The van der Waals surface area contributed by atoms with E-state index in [1.165, 1.54) is 18.4 Å². The average molecular weight is 157 g/mol. The molecule has 2 rings (SSSR count). The summed E-state index contributed by atoms with van der Waals surface area (Å²) in [4.78, 5) is 0. The van der Waals surface area contributed by atoms with E-state index in [1.807, 2.05) is 0 Å². The lowest BCUT2D eigenvalue weighted by Gasteiger charge is -2.17. The summed E-state index contributed by atoms with van der Waals surface area (Å²) >= 11 is 0. The highest BCUT2D eigenvalue weighted by Crippen LogP contribution is 2.27. The van der Waals surface area contributed by atoms with Crippen LogP contribution in [-0.2, 0) is 0 Å². The van der Waals surface area contributed by atoms with Gasteiger partial charge in [0.05, 0.1) is 0 Å². The van der Waals surface area contributed by atoms with Gasteiger partial charge in [0.25, 0.3) is 0 Å². The second-order valence-corrected chi connectivity index (χ2v) is 3.29. The molecule has 1 aromatic rings. The molecule has 61 valence electrons. The summed E-state index contributed by atoms with van der Waals surface area (Å²) in [5, 5.41) is 0. The summed E-state index contributed by atoms with van der Waals surface area (Å²) in [7, 11) is 0. The second-order valence-electron chi connectivity index (χ2n) is 3.29. The Kier molecular flexibility index (Phi) is 2.26. The lowest BCUT2D eigenvalue weighted by Crippen LogP contribution is -2.00. The molecule has 0 heterocycles. The van der Waals surface area contributed by atoms with Gasteiger partial charge in [-0.25, -0.2) is 0 Å². The maximum atomic E-state index is 3.26. The Morgan fingerprint density at radius 2 is 2.00 bits per heavy atom. The standard InChI is InChI=1S/C12H13/c1-3-7-11(8-4-1)12-9-5-2-6-10-12/h1,3-5,7-8,12H,6,9-10H2. The number of rotatable bonds is 1. The van der Waals surface area contributed by atoms with Gasteiger partial charge in [-0.15, -0.1) is 0 Å². The van der Waals surface area contributed by atoms with Gasteiger partial charge in [-0.3, -0.25) is 0 Å². The molecule has 0 saturated heterocycles. The van der Waals surface area contributed by atoms with Crippen LogP contribution in [0.1, 0.15) is 30.7 Å². The number of hydrogen-bond acceptors (Lipinski definition) is 0. The molecule has 1 atom stereocenters. The van der Waals surface area contributed by atoms with Crippen molar-refractivity contribution < 1.29 is 0 Å². The Labute approximate surface area is 73.9 Å². The van der Waals surface area contributed by atoms with Gasteiger partial charge in [0.1, 0.15) is 0 Å². The van der Waals surface area contributed by atoms with E-state index in [0.29, 0.717) is 0 Å². The molecule has 0 N–H and O–H groups in total. The highest BCUT2D eigenvalue weighted by molar-refractivity contribution is 5.20. The first-order valence-electron chi connectivity index (χ1n) is 4.57. The summed E-state index contributed by atoms with van der Waals surface area (Å²) in [5.74, 6) is 0.743. The van der Waals surface area contributed by atoms with Gasteiger partial charge in [-0.1, -0.05) is 36.4 Å². The molecule has 1 aliphatic carbocycles. The van der Waals surface area contributed by atoms with E-state index in [4.69, 9.17) is 0 Å². The van der Waals surface area contributed by atoms with Gasteiger partial charge in [-0.05, 0) is 36.8 Å². The summed E-state index contributed by atoms with van der Waals surface area (Å²) < 4.78 is 0. The van der Waals surface area contributed by atoms with Crippen LogP contribution in [0.15, 0.2) is 36.4 Å². The molecular weight excluding hydrogens is 144 g/mol. The van der Waals surface area contributed by atoms with Gasteiger partial charge < -0.3 is 0 Å². The Hall–Kier alpha value is -1.04. The molecule has 1 unspecified atom stereocenters. The normalized spacial score (nSPS) is 22.5. The van der Waals surface area contributed by atoms with Crippen molar-refractivity contribution in [3.63, 3.8) is 0 Å². The minimum absolute atomic E-state index is 0.743. The van der Waals surface area contributed by atoms with Crippen LogP contribution >= 0.6 is 0 Å². The number of hydrogen-bond donors (Lipinski definition) is 0. The molecule has 1 radical (unpaired) electrons. The molecule has 0 bridgehead atoms. The molecule has 0 spiro atoms. The first kappa shape index (κ1) is 7.60. The highest BCUT2D eigenvalue weighted by atomic mass is 14.2. The lowest BCUT2D eigenvalue weighted by molar-refractivity contribution is 0.609. The molecule has 0 fully saturated rings. The zero-order chi connectivity index (χ0) is 8.23. The van der Waals surface area contributed by atoms with Crippen molar-refractivity contribution in [3.8, 4) is 0 Å². The quantitative estimate of drug-likeness (QED) is 0.586. The predicted molar refractivity (Wildman–Crippen MR) is 50.8 cm³/mol. The van der Waals surface area contributed by atoms with Gasteiger partial charge in [0.15, 0.2) is 0 Å². The van der Waals surface area contributed by atoms with Crippen LogP contribution < -0.4 is 0 Å². The van der Waals surface area contributed by atoms with Crippen LogP contribution in [-0.4, -0.2) is 0 Å². The van der Waals surface area contributed by atoms with Crippen LogP contribution in [0.5, 0.6) is 0 Å². The molecule has 0 heteroatoms. The van der Waals surface area contributed by atoms with E-state index in [0.717, 1.165) is 12.3 Å². The molecule has 0 aromatic heterocycles. The average Bonchev–Trinajstić information content (AvgIpc) is 2.21. The van der Waals surface area contributed by atoms with E-state index in [-0.39, 0.29) is 0 Å². The van der Waals surface area contributed by atoms with Crippen LogP contribution in [0.2, 0.25) is 0 Å². The van der Waals surface area contributed by atoms with E-state index in [9.17, 15) is 0 Å². The fourth-order valence-corrected chi connectivity index (χ4v) is 1.73. The third kappa shape index (κ3) is 1.58. The minimum atomic E-state index is 0.743. The summed E-state index contributed by atoms with van der Waals surface area (Å²) in [6, 6.07) is 10.8. The molecule has 12 heavy (non-hydrogen) atoms. The zero-order valence-electron chi connectivity index (χ0n) is 7.16. The molecule has 0 aliphatic heterocycles. The van der Waals surface area contributed by atoms with Crippen molar-refractivity contribution in [2.75, 3.05) is 0 Å². The largest absolute Gasteiger partial charge is 0.0804 e. The number of allylic oxidation sites excluding steroid dienone is 2. The van der Waals surface area contributed by atoms with Gasteiger partial charge in [-0.2, -0.15) is 0 Å². The third-order valence-corrected chi connectivity index (χ3v) is 2.45. The van der Waals surface area contributed by atoms with Gasteiger partial charge in [0, 0.05) is 0 Å². The maximum Gasteiger partial charge on any atom is -0.0124 e. The van der Waals surface area contributed by atoms with Crippen LogP contribution in [0.4, 0.5) is 0 Å². The first-order valence-corrected chi connectivity index (χ1v) is 4.57. The van der Waals surface area contributed by atoms with Crippen molar-refractivity contribution in [2.24, 2.45) is 0 Å². The lowest BCUT2D eigenvalue weighted by atomic mass is 9.88. The number of benzene rings is 1. The molecule has 0 amide bonds. The predicted octanol–water partition coefficient (Wildman–Crippen LogP) is 3.31. The van der Waals surface area contributed by atoms with Crippen molar-refractivity contribution in [3.05, 3.63) is 48.0 Å². The maximum absolute atomic E-state index is 3.26. The summed E-state index contributed by atoms with van der Waals surface area (Å²) in [6.07, 6.45) is 9.00. The van der Waals surface area contributed by atoms with Crippen molar-refractivity contribution in [1.29, 1.82) is 0 Å². The highest BCUT2D eigenvalue weighted by Gasteiger charge is 2.10. The molecule has 1 aromatic carbocycles. The van der Waals surface area contributed by atoms with Crippen molar-refractivity contribution >= 4 is 0 Å². The minimum Gasteiger partial charge on any atom is -0.0804 e. The third-order valence-electron chi connectivity index (χ3n) is 2.45. The van der Waals surface area contributed by atoms with E-state index in [1.54, 1.807) is 0 Å². The summed E-state index contributed by atoms with van der Waals surface area (Å²) in [6.45, 7) is 0. The van der Waals surface area contributed by atoms with E-state index in [2.05, 4.69) is 42.5 Å². The molecule has 0 nitrogen and oxygen atoms in total. The SMILES string of the molecule is [C]1=CCC(c2ccccc2)CC1. The van der Waals surface area contributed by atoms with E-state index < -0.39 is 0 Å². The van der Waals surface area contributed by atoms with Crippen LogP contribution in [0.25, 0.3) is 0 Å². The van der Waals surface area contributed by atoms with Gasteiger partial charge in [0.2, 0.25) is 0 Å². The Balaban J connectivity index is 2.15. The molecular formula is C12H13. The summed E-state index contributed by atoms with van der Waals surface area (Å²) in [5.41, 5.74) is 1.48. The fourth-order valence-electron chi connectivity index (χ4n) is 1.73. The Bertz CT molecular complexity index is 259. The first-order chi connectivity index (χ1) is 5.97. The molecule has 0 saturated carbocycles. The topological polar surface area (TPSA) is 0 Å². The van der Waals surface area contributed by atoms with Crippen molar-refractivity contribution in [2.45, 2.75) is 25.2 Å². The van der Waals surface area contributed by atoms with Gasteiger partial charge >= 0.3 is 0 Å².